The lowest BCUT2D eigenvalue weighted by atomic mass is 9.78. The molecule has 1 aromatic carbocycles. The third-order valence-electron chi connectivity index (χ3n) is 5.98. The van der Waals surface area contributed by atoms with Gasteiger partial charge in [0.05, 0.1) is 18.3 Å². The highest BCUT2D eigenvalue weighted by molar-refractivity contribution is 6.76. The molecule has 1 aromatic heterocycles. The van der Waals surface area contributed by atoms with Crippen LogP contribution in [-0.4, -0.2) is 55.9 Å². The number of halogens is 1. The summed E-state index contributed by atoms with van der Waals surface area (Å²) >= 11 is 0. The third-order valence-corrected chi connectivity index (χ3v) is 7.68. The van der Waals surface area contributed by atoms with Crippen molar-refractivity contribution in [2.75, 3.05) is 13.7 Å². The maximum Gasteiger partial charge on any atom is 0.497 e. The van der Waals surface area contributed by atoms with E-state index in [1.54, 1.807) is 12.1 Å². The number of benzene rings is 1. The Morgan fingerprint density at radius 3 is 2.35 bits per heavy atom. The van der Waals surface area contributed by atoms with Crippen molar-refractivity contribution in [1.29, 1.82) is 0 Å². The van der Waals surface area contributed by atoms with Gasteiger partial charge in [0.1, 0.15) is 18.1 Å². The van der Waals surface area contributed by atoms with E-state index in [4.69, 9.17) is 18.8 Å². The molecule has 1 aliphatic rings. The molecule has 0 amide bonds. The van der Waals surface area contributed by atoms with Gasteiger partial charge in [0.25, 0.3) is 0 Å². The minimum absolute atomic E-state index is 0.0295. The minimum atomic E-state index is -1.27. The Morgan fingerprint density at radius 2 is 1.81 bits per heavy atom. The first kappa shape index (κ1) is 23.9. The number of ether oxygens (including phenoxy) is 2. The zero-order valence-corrected chi connectivity index (χ0v) is 20.7. The lowest BCUT2D eigenvalue weighted by molar-refractivity contribution is 0.00578. The number of esters is 1. The van der Waals surface area contributed by atoms with Gasteiger partial charge in [0.2, 0.25) is 0 Å². The summed E-state index contributed by atoms with van der Waals surface area (Å²) in [6.07, 6.45) is 0. The van der Waals surface area contributed by atoms with Crippen LogP contribution in [0.15, 0.2) is 12.1 Å². The van der Waals surface area contributed by atoms with Gasteiger partial charge in [0, 0.05) is 25.5 Å². The van der Waals surface area contributed by atoms with Gasteiger partial charge < -0.3 is 18.8 Å². The Hall–Kier alpha value is -1.75. The molecule has 1 saturated heterocycles. The second-order valence-corrected chi connectivity index (χ2v) is 15.8. The van der Waals surface area contributed by atoms with E-state index in [1.165, 1.54) is 11.8 Å². The van der Waals surface area contributed by atoms with Crippen molar-refractivity contribution >= 4 is 37.5 Å². The van der Waals surface area contributed by atoms with Crippen LogP contribution in [0.1, 0.15) is 38.2 Å². The third kappa shape index (κ3) is 4.72. The highest BCUT2D eigenvalue weighted by Crippen LogP contribution is 2.37. The molecule has 10 heteroatoms. The monoisotopic (exact) mass is 450 g/mol. The molecular weight excluding hydrogens is 418 g/mol. The first-order valence-corrected chi connectivity index (χ1v) is 14.2. The van der Waals surface area contributed by atoms with Crippen molar-refractivity contribution in [1.82, 2.24) is 9.78 Å². The largest absolute Gasteiger partial charge is 0.497 e. The number of hydrogen-bond acceptors (Lipinski definition) is 6. The summed E-state index contributed by atoms with van der Waals surface area (Å²) in [6, 6.07) is 4.19. The average molecular weight is 450 g/mol. The van der Waals surface area contributed by atoms with Crippen LogP contribution in [0, 0.1) is 5.82 Å². The summed E-state index contributed by atoms with van der Waals surface area (Å²) in [6.45, 7) is 15.0. The Kier molecular flexibility index (Phi) is 6.41. The number of nitrogens with zero attached hydrogens (tertiary/aromatic N) is 2. The Balaban J connectivity index is 1.99. The number of carbonyl (C=O) groups is 1. The van der Waals surface area contributed by atoms with Crippen molar-refractivity contribution < 1.29 is 28.0 Å². The van der Waals surface area contributed by atoms with Crippen LogP contribution in [0.3, 0.4) is 0 Å². The number of methoxy groups -OCH3 is 1. The van der Waals surface area contributed by atoms with Crippen molar-refractivity contribution in [3.05, 3.63) is 23.6 Å². The van der Waals surface area contributed by atoms with Crippen LogP contribution in [0.25, 0.3) is 10.9 Å². The normalized spacial score (nSPS) is 18.0. The molecule has 0 saturated carbocycles. The summed E-state index contributed by atoms with van der Waals surface area (Å²) < 4.78 is 39.8. The molecule has 1 aliphatic heterocycles. The predicted molar refractivity (Wildman–Crippen MR) is 121 cm³/mol. The van der Waals surface area contributed by atoms with Gasteiger partial charge in [-0.1, -0.05) is 31.8 Å². The van der Waals surface area contributed by atoms with Crippen LogP contribution in [0.2, 0.25) is 25.7 Å². The van der Waals surface area contributed by atoms with Crippen molar-refractivity contribution in [3.63, 3.8) is 0 Å². The summed E-state index contributed by atoms with van der Waals surface area (Å²) in [5, 5.41) is 4.65. The van der Waals surface area contributed by atoms with E-state index in [0.717, 1.165) is 6.04 Å². The minimum Gasteiger partial charge on any atom is -0.464 e. The van der Waals surface area contributed by atoms with Gasteiger partial charge in [0.15, 0.2) is 5.69 Å². The van der Waals surface area contributed by atoms with Gasteiger partial charge >= 0.3 is 13.1 Å². The molecule has 31 heavy (non-hydrogen) atoms. The van der Waals surface area contributed by atoms with Crippen LogP contribution in [-0.2, 0) is 25.5 Å². The molecule has 0 bridgehead atoms. The Bertz CT molecular complexity index is 970. The molecule has 0 unspecified atom stereocenters. The fourth-order valence-corrected chi connectivity index (χ4v) is 4.03. The van der Waals surface area contributed by atoms with E-state index < -0.39 is 38.2 Å². The summed E-state index contributed by atoms with van der Waals surface area (Å²) in [5.74, 6) is -1.18. The van der Waals surface area contributed by atoms with Gasteiger partial charge in [-0.2, -0.15) is 5.10 Å². The molecule has 0 radical (unpaired) electrons. The molecule has 170 valence electrons. The standard InChI is InChI=1S/C21H32BFN2O5Si/c1-20(2)21(3,4)30-22(29-20)15-10-9-14-17(19(26)27-5)24-25(18(14)16(15)23)13-28-11-12-31(6,7)8/h9-10H,11-13H2,1-8H3. The van der Waals surface area contributed by atoms with Crippen LogP contribution in [0.5, 0.6) is 0 Å². The Labute approximate surface area is 184 Å². The van der Waals surface area contributed by atoms with Gasteiger partial charge in [-0.25, -0.2) is 13.9 Å². The van der Waals surface area contributed by atoms with Gasteiger partial charge in [-0.05, 0) is 33.7 Å². The first-order chi connectivity index (χ1) is 14.3. The van der Waals surface area contributed by atoms with E-state index >= 15 is 4.39 Å². The maximum atomic E-state index is 15.7. The molecular formula is C21H32BFN2O5Si. The summed E-state index contributed by atoms with van der Waals surface area (Å²) in [7, 11) is -0.866. The average Bonchev–Trinajstić information content (AvgIpc) is 3.12. The topological polar surface area (TPSA) is 71.8 Å². The zero-order chi connectivity index (χ0) is 23.2. The second kappa shape index (κ2) is 8.31. The van der Waals surface area contributed by atoms with E-state index in [1.807, 2.05) is 27.7 Å². The van der Waals surface area contributed by atoms with Crippen LogP contribution in [0.4, 0.5) is 4.39 Å². The summed E-state index contributed by atoms with van der Waals surface area (Å²) in [5.41, 5.74) is -0.732. The highest BCUT2D eigenvalue weighted by atomic mass is 28.3. The van der Waals surface area contributed by atoms with E-state index in [9.17, 15) is 4.79 Å². The van der Waals surface area contributed by atoms with E-state index in [2.05, 4.69) is 24.7 Å². The maximum absolute atomic E-state index is 15.7. The number of fused-ring (bicyclic) bond motifs is 1. The number of aromatic nitrogens is 2. The second-order valence-electron chi connectivity index (χ2n) is 10.1. The smallest absolute Gasteiger partial charge is 0.464 e. The van der Waals surface area contributed by atoms with Crippen molar-refractivity contribution in [2.45, 2.75) is 71.3 Å². The van der Waals surface area contributed by atoms with Gasteiger partial charge in [-0.3, -0.25) is 0 Å². The molecule has 0 spiro atoms. The highest BCUT2D eigenvalue weighted by Gasteiger charge is 2.52. The molecule has 0 N–H and O–H groups in total. The lowest BCUT2D eigenvalue weighted by Crippen LogP contribution is -2.41. The fraction of sp³-hybridized carbons (Fsp3) is 0.619. The molecule has 0 aliphatic carbocycles. The molecule has 2 heterocycles. The number of carbonyl (C=O) groups excluding carboxylic acids is 1. The van der Waals surface area contributed by atoms with Gasteiger partial charge in [-0.15, -0.1) is 0 Å². The van der Waals surface area contributed by atoms with E-state index in [0.29, 0.717) is 12.0 Å². The van der Waals surface area contributed by atoms with Crippen LogP contribution >= 0.6 is 0 Å². The molecule has 1 fully saturated rings. The zero-order valence-electron chi connectivity index (χ0n) is 19.7. The Morgan fingerprint density at radius 1 is 1.19 bits per heavy atom. The predicted octanol–water partition coefficient (Wildman–Crippen LogP) is 3.57. The quantitative estimate of drug-likeness (QED) is 0.365. The van der Waals surface area contributed by atoms with Crippen molar-refractivity contribution in [2.24, 2.45) is 0 Å². The molecule has 2 aromatic rings. The van der Waals surface area contributed by atoms with E-state index in [-0.39, 0.29) is 23.4 Å². The lowest BCUT2D eigenvalue weighted by Gasteiger charge is -2.32. The van der Waals surface area contributed by atoms with Crippen LogP contribution < -0.4 is 5.46 Å². The molecule has 7 nitrogen and oxygen atoms in total. The fourth-order valence-electron chi connectivity index (χ4n) is 3.27. The molecule has 3 rings (SSSR count). The van der Waals surface area contributed by atoms with Crippen molar-refractivity contribution in [3.8, 4) is 0 Å². The summed E-state index contributed by atoms with van der Waals surface area (Å²) in [4.78, 5) is 12.2. The number of rotatable bonds is 7. The first-order valence-electron chi connectivity index (χ1n) is 10.5. The SMILES string of the molecule is COC(=O)c1nn(COCC[Si](C)(C)C)c2c(F)c(B3OC(C)(C)C(C)(C)O3)ccc12. The molecule has 0 atom stereocenters. The number of hydrogen-bond donors (Lipinski definition) is 0.